The minimum absolute atomic E-state index is 0.235. The molecule has 0 unspecified atom stereocenters. The Morgan fingerprint density at radius 3 is 2.12 bits per heavy atom. The summed E-state index contributed by atoms with van der Waals surface area (Å²) in [7, 11) is 0. The number of halogens is 4. The summed E-state index contributed by atoms with van der Waals surface area (Å²) in [5.41, 5.74) is -0.249. The maximum absolute atomic E-state index is 13.8. The monoisotopic (exact) mass is 353 g/mol. The third-order valence-electron chi connectivity index (χ3n) is 4.01. The van der Waals surface area contributed by atoms with Gasteiger partial charge in [-0.3, -0.25) is 0 Å². The number of hydrogen-bond acceptors (Lipinski definition) is 2. The molecule has 0 saturated carbocycles. The van der Waals surface area contributed by atoms with Crippen molar-refractivity contribution in [2.45, 2.75) is 0 Å². The number of anilines is 2. The van der Waals surface area contributed by atoms with Gasteiger partial charge in [-0.15, -0.1) is 0 Å². The van der Waals surface area contributed by atoms with Crippen molar-refractivity contribution in [1.82, 2.24) is 4.90 Å². The zero-order chi connectivity index (χ0) is 18.0. The third-order valence-corrected chi connectivity index (χ3v) is 4.01. The second-order valence-corrected chi connectivity index (χ2v) is 5.60. The maximum Gasteiger partial charge on any atom is 0.322 e. The number of carbonyl (C=O) groups is 1. The van der Waals surface area contributed by atoms with Crippen LogP contribution in [0.3, 0.4) is 0 Å². The largest absolute Gasteiger partial charge is 0.366 e. The van der Waals surface area contributed by atoms with Crippen LogP contribution in [0.15, 0.2) is 36.4 Å². The predicted molar refractivity (Wildman–Crippen MR) is 85.5 cm³/mol. The van der Waals surface area contributed by atoms with Gasteiger partial charge in [0.1, 0.15) is 29.0 Å². The van der Waals surface area contributed by atoms with Gasteiger partial charge in [-0.25, -0.2) is 22.4 Å². The van der Waals surface area contributed by atoms with Crippen LogP contribution in [0, 0.1) is 23.3 Å². The lowest BCUT2D eigenvalue weighted by atomic mass is 10.2. The maximum atomic E-state index is 13.8. The van der Waals surface area contributed by atoms with Crippen LogP contribution >= 0.6 is 0 Å². The second kappa shape index (κ2) is 7.00. The standard InChI is InChI=1S/C17H15F4N3O/c18-11-4-5-15(14(21)10-11)23-6-8-24(9-7-23)17(25)22-16-12(19)2-1-3-13(16)20/h1-5,10H,6-9H2,(H,22,25). The van der Waals surface area contributed by atoms with E-state index in [-0.39, 0.29) is 18.8 Å². The van der Waals surface area contributed by atoms with Crippen molar-refractivity contribution < 1.29 is 22.4 Å². The van der Waals surface area contributed by atoms with Crippen LogP contribution in [0.2, 0.25) is 0 Å². The van der Waals surface area contributed by atoms with E-state index in [9.17, 15) is 22.4 Å². The van der Waals surface area contributed by atoms with E-state index in [1.807, 2.05) is 0 Å². The number of nitrogens with one attached hydrogen (secondary N) is 1. The number of carbonyl (C=O) groups excluding carboxylic acids is 1. The summed E-state index contributed by atoms with van der Waals surface area (Å²) in [4.78, 5) is 15.2. The number of piperazine rings is 1. The van der Waals surface area contributed by atoms with Crippen molar-refractivity contribution in [2.24, 2.45) is 0 Å². The van der Waals surface area contributed by atoms with Gasteiger partial charge in [-0.05, 0) is 24.3 Å². The molecule has 1 aliphatic heterocycles. The van der Waals surface area contributed by atoms with Crippen LogP contribution in [0.1, 0.15) is 0 Å². The minimum Gasteiger partial charge on any atom is -0.366 e. The molecule has 2 aromatic carbocycles. The molecule has 1 fully saturated rings. The highest BCUT2D eigenvalue weighted by Gasteiger charge is 2.24. The van der Waals surface area contributed by atoms with Crippen LogP contribution in [0.4, 0.5) is 33.7 Å². The second-order valence-electron chi connectivity index (χ2n) is 5.60. The first-order chi connectivity index (χ1) is 12.0. The van der Waals surface area contributed by atoms with Gasteiger partial charge in [0, 0.05) is 32.2 Å². The number of urea groups is 1. The molecule has 1 aliphatic rings. The minimum atomic E-state index is -0.861. The Morgan fingerprint density at radius 1 is 0.880 bits per heavy atom. The summed E-state index contributed by atoms with van der Waals surface area (Å²) in [6.45, 7) is 1.10. The Morgan fingerprint density at radius 2 is 1.52 bits per heavy atom. The molecule has 1 N–H and O–H groups in total. The van der Waals surface area contributed by atoms with Crippen LogP contribution in [-0.2, 0) is 0 Å². The van der Waals surface area contributed by atoms with E-state index in [0.29, 0.717) is 13.1 Å². The predicted octanol–water partition coefficient (Wildman–Crippen LogP) is 3.60. The van der Waals surface area contributed by atoms with E-state index in [4.69, 9.17) is 0 Å². The van der Waals surface area contributed by atoms with Crippen molar-refractivity contribution in [2.75, 3.05) is 36.4 Å². The van der Waals surface area contributed by atoms with Crippen LogP contribution in [-0.4, -0.2) is 37.1 Å². The quantitative estimate of drug-likeness (QED) is 0.838. The molecule has 132 valence electrons. The van der Waals surface area contributed by atoms with Crippen molar-refractivity contribution >= 4 is 17.4 Å². The van der Waals surface area contributed by atoms with Gasteiger partial charge < -0.3 is 15.1 Å². The lowest BCUT2D eigenvalue weighted by Crippen LogP contribution is -2.50. The molecule has 3 rings (SSSR count). The van der Waals surface area contributed by atoms with Gasteiger partial charge >= 0.3 is 6.03 Å². The highest BCUT2D eigenvalue weighted by atomic mass is 19.1. The number of nitrogens with zero attached hydrogens (tertiary/aromatic N) is 2. The molecule has 0 bridgehead atoms. The summed E-state index contributed by atoms with van der Waals surface area (Å²) in [5, 5.41) is 2.22. The van der Waals surface area contributed by atoms with E-state index in [0.717, 1.165) is 18.2 Å². The van der Waals surface area contributed by atoms with Crippen LogP contribution < -0.4 is 10.2 Å². The van der Waals surface area contributed by atoms with E-state index in [1.165, 1.54) is 23.1 Å². The summed E-state index contributed by atoms with van der Waals surface area (Å²) >= 11 is 0. The topological polar surface area (TPSA) is 35.6 Å². The average molecular weight is 353 g/mol. The average Bonchev–Trinajstić information content (AvgIpc) is 2.58. The van der Waals surface area contributed by atoms with Gasteiger partial charge in [0.05, 0.1) is 5.69 Å². The normalized spacial score (nSPS) is 14.6. The van der Waals surface area contributed by atoms with Crippen LogP contribution in [0.25, 0.3) is 0 Å². The summed E-state index contributed by atoms with van der Waals surface area (Å²) < 4.78 is 54.0. The fourth-order valence-electron chi connectivity index (χ4n) is 2.69. The Hall–Kier alpha value is -2.77. The number of benzene rings is 2. The van der Waals surface area contributed by atoms with Crippen molar-refractivity contribution in [3.8, 4) is 0 Å². The Bertz CT molecular complexity index is 771. The molecule has 2 amide bonds. The molecular formula is C17H15F4N3O. The molecule has 0 aliphatic carbocycles. The first-order valence-electron chi connectivity index (χ1n) is 7.65. The Labute approximate surface area is 141 Å². The highest BCUT2D eigenvalue weighted by molar-refractivity contribution is 5.89. The Balaban J connectivity index is 1.63. The molecule has 1 saturated heterocycles. The molecular weight excluding hydrogens is 338 g/mol. The van der Waals surface area contributed by atoms with E-state index >= 15 is 0 Å². The lowest BCUT2D eigenvalue weighted by Gasteiger charge is -2.36. The molecule has 4 nitrogen and oxygen atoms in total. The number of hydrogen-bond donors (Lipinski definition) is 1. The van der Waals surface area contributed by atoms with Gasteiger partial charge in [0.2, 0.25) is 0 Å². The molecule has 0 aromatic heterocycles. The fourth-order valence-corrected chi connectivity index (χ4v) is 2.69. The van der Waals surface area contributed by atoms with Gasteiger partial charge in [-0.2, -0.15) is 0 Å². The van der Waals surface area contributed by atoms with Gasteiger partial charge in [0.25, 0.3) is 0 Å². The molecule has 25 heavy (non-hydrogen) atoms. The highest BCUT2D eigenvalue weighted by Crippen LogP contribution is 2.22. The van der Waals surface area contributed by atoms with E-state index < -0.39 is 35.0 Å². The van der Waals surface area contributed by atoms with Crippen molar-refractivity contribution in [3.63, 3.8) is 0 Å². The molecule has 0 radical (unpaired) electrons. The van der Waals surface area contributed by atoms with E-state index in [2.05, 4.69) is 5.32 Å². The molecule has 0 atom stereocenters. The van der Waals surface area contributed by atoms with Crippen molar-refractivity contribution in [1.29, 1.82) is 0 Å². The van der Waals surface area contributed by atoms with Gasteiger partial charge in [0.15, 0.2) is 0 Å². The zero-order valence-corrected chi connectivity index (χ0v) is 13.1. The Kier molecular flexibility index (Phi) is 4.78. The molecule has 0 spiro atoms. The van der Waals surface area contributed by atoms with E-state index in [1.54, 1.807) is 4.90 Å². The summed E-state index contributed by atoms with van der Waals surface area (Å²) in [5.74, 6) is -3.06. The molecule has 1 heterocycles. The molecule has 8 heteroatoms. The number of para-hydroxylation sites is 1. The van der Waals surface area contributed by atoms with Crippen molar-refractivity contribution in [3.05, 3.63) is 59.7 Å². The SMILES string of the molecule is O=C(Nc1c(F)cccc1F)N1CCN(c2ccc(F)cc2F)CC1. The fraction of sp³-hybridized carbons (Fsp3) is 0.235. The first kappa shape index (κ1) is 17.1. The van der Waals surface area contributed by atoms with Gasteiger partial charge in [-0.1, -0.05) is 6.07 Å². The smallest absolute Gasteiger partial charge is 0.322 e. The zero-order valence-electron chi connectivity index (χ0n) is 13.1. The molecule has 2 aromatic rings. The number of rotatable bonds is 2. The summed E-state index contributed by atoms with van der Waals surface area (Å²) in [6, 6.07) is 5.98. The number of amides is 2. The lowest BCUT2D eigenvalue weighted by molar-refractivity contribution is 0.208. The third kappa shape index (κ3) is 3.67. The van der Waals surface area contributed by atoms with Crippen LogP contribution in [0.5, 0.6) is 0 Å². The first-order valence-corrected chi connectivity index (χ1v) is 7.65. The summed E-state index contributed by atoms with van der Waals surface area (Å²) in [6.07, 6.45) is 0.